The van der Waals surface area contributed by atoms with E-state index in [1.54, 1.807) is 60.7 Å². The van der Waals surface area contributed by atoms with E-state index in [4.69, 9.17) is 27.9 Å². The number of rotatable bonds is 6. The highest BCUT2D eigenvalue weighted by Crippen LogP contribution is 2.54. The van der Waals surface area contributed by atoms with E-state index in [9.17, 15) is 24.3 Å². The third kappa shape index (κ3) is 4.96. The summed E-state index contributed by atoms with van der Waals surface area (Å²) in [6.45, 7) is -0.299. The zero-order valence-corrected chi connectivity index (χ0v) is 24.9. The summed E-state index contributed by atoms with van der Waals surface area (Å²) < 4.78 is 6.65. The minimum atomic E-state index is -0.870. The number of carbonyl (C=O) groups excluding carboxylic acids is 3. The van der Waals surface area contributed by atoms with Crippen molar-refractivity contribution >= 4 is 75.4 Å². The molecule has 1 fully saturated rings. The summed E-state index contributed by atoms with van der Waals surface area (Å²) in [6.07, 6.45) is 0. The lowest BCUT2D eigenvalue weighted by atomic mass is 9.83. The number of phenolic OH excluding ortho intramolecular Hbond substituents is 1. The molecule has 1 aromatic heterocycles. The zero-order chi connectivity index (χ0) is 29.7. The number of hydrogen-bond acceptors (Lipinski definition) is 8. The van der Waals surface area contributed by atoms with Crippen molar-refractivity contribution in [2.75, 3.05) is 17.3 Å². The van der Waals surface area contributed by atoms with Gasteiger partial charge >= 0.3 is 4.87 Å². The number of benzene rings is 3. The summed E-state index contributed by atoms with van der Waals surface area (Å²) >= 11 is 14.0. The number of phenols is 1. The van der Waals surface area contributed by atoms with E-state index < -0.39 is 39.7 Å². The van der Waals surface area contributed by atoms with Crippen LogP contribution in [0.4, 0.5) is 11.4 Å². The Morgan fingerprint density at radius 1 is 0.976 bits per heavy atom. The number of methoxy groups -OCH3 is 1. The van der Waals surface area contributed by atoms with Crippen LogP contribution in [0, 0.1) is 5.92 Å². The maximum Gasteiger partial charge on any atom is 0.308 e. The topological polar surface area (TPSA) is 118 Å². The predicted octanol–water partition coefficient (Wildman–Crippen LogP) is 5.37. The van der Waals surface area contributed by atoms with Crippen LogP contribution in [0.5, 0.6) is 11.5 Å². The number of carbonyl (C=O) groups is 3. The molecular formula is C29H21Cl2N3O6S2. The van der Waals surface area contributed by atoms with Gasteiger partial charge in [0.05, 0.1) is 23.7 Å². The molecule has 3 unspecified atom stereocenters. The smallest absolute Gasteiger partial charge is 0.308 e. The summed E-state index contributed by atoms with van der Waals surface area (Å²) in [5.41, 5.74) is 1.48. The van der Waals surface area contributed by atoms with Crippen molar-refractivity contribution < 1.29 is 24.2 Å². The number of thiazole rings is 1. The second kappa shape index (κ2) is 11.1. The number of aromatic nitrogens is 1. The van der Waals surface area contributed by atoms with Crippen LogP contribution in [-0.2, 0) is 20.9 Å². The third-order valence-electron chi connectivity index (χ3n) is 7.13. The lowest BCUT2D eigenvalue weighted by Crippen LogP contribution is -2.33. The first-order valence-electron chi connectivity index (χ1n) is 12.6. The monoisotopic (exact) mass is 641 g/mol. The number of nitrogens with one attached hydrogen (secondary N) is 1. The second-order valence-corrected chi connectivity index (χ2v) is 12.6. The minimum Gasteiger partial charge on any atom is -0.504 e. The summed E-state index contributed by atoms with van der Waals surface area (Å²) in [4.78, 5) is 55.4. The van der Waals surface area contributed by atoms with E-state index in [-0.39, 0.29) is 18.0 Å². The van der Waals surface area contributed by atoms with E-state index in [1.165, 1.54) is 17.7 Å². The van der Waals surface area contributed by atoms with Gasteiger partial charge in [0.15, 0.2) is 11.5 Å². The van der Waals surface area contributed by atoms with Crippen LogP contribution in [0.15, 0.2) is 76.6 Å². The molecule has 0 radical (unpaired) electrons. The van der Waals surface area contributed by atoms with Gasteiger partial charge in [-0.15, -0.1) is 0 Å². The highest BCUT2D eigenvalue weighted by atomic mass is 35.5. The lowest BCUT2D eigenvalue weighted by molar-refractivity contribution is -0.122. The molecule has 3 heterocycles. The van der Waals surface area contributed by atoms with Gasteiger partial charge < -0.3 is 15.2 Å². The number of hydrogen-bond donors (Lipinski definition) is 2. The summed E-state index contributed by atoms with van der Waals surface area (Å²) in [5, 5.41) is 13.5. The molecule has 0 saturated carbocycles. The fraction of sp³-hybridized carbons (Fsp3) is 0.172. The largest absolute Gasteiger partial charge is 0.504 e. The van der Waals surface area contributed by atoms with E-state index in [0.717, 1.165) is 28.0 Å². The van der Waals surface area contributed by atoms with Gasteiger partial charge in [-0.25, -0.2) is 4.90 Å². The predicted molar refractivity (Wildman–Crippen MR) is 162 cm³/mol. The number of halogens is 2. The average molecular weight is 643 g/mol. The van der Waals surface area contributed by atoms with Crippen molar-refractivity contribution in [3.63, 3.8) is 0 Å². The van der Waals surface area contributed by atoms with Crippen molar-refractivity contribution in [3.8, 4) is 11.5 Å². The standard InChI is InChI=1S/C29H21Cl2N3O6S2/c1-40-20-12-14(2-11-19(20)35)22-23-24(27(38)34(26(23)37)18-9-5-16(31)6-10-18)41-28-25(22)42-29(39)33(28)13-21(36)32-17-7-3-15(30)4-8-17/h2-12,22-24,35H,13H2,1H3,(H,32,36). The van der Waals surface area contributed by atoms with Gasteiger partial charge in [-0.1, -0.05) is 52.4 Å². The van der Waals surface area contributed by atoms with Gasteiger partial charge in [0.25, 0.3) is 0 Å². The highest BCUT2D eigenvalue weighted by Gasteiger charge is 2.57. The Balaban J connectivity index is 1.43. The lowest BCUT2D eigenvalue weighted by Gasteiger charge is -2.31. The molecule has 3 aromatic carbocycles. The average Bonchev–Trinajstić information content (AvgIpc) is 3.41. The fourth-order valence-electron chi connectivity index (χ4n) is 5.22. The van der Waals surface area contributed by atoms with Crippen LogP contribution in [0.3, 0.4) is 0 Å². The number of thioether (sulfide) groups is 1. The van der Waals surface area contributed by atoms with E-state index >= 15 is 0 Å². The Kier molecular flexibility index (Phi) is 7.52. The van der Waals surface area contributed by atoms with Crippen molar-refractivity contribution in [1.82, 2.24) is 4.57 Å². The molecule has 9 nitrogen and oxygen atoms in total. The fourth-order valence-corrected chi connectivity index (χ4v) is 8.25. The zero-order valence-electron chi connectivity index (χ0n) is 21.7. The first kappa shape index (κ1) is 28.4. The number of anilines is 2. The molecule has 42 heavy (non-hydrogen) atoms. The molecular weight excluding hydrogens is 621 g/mol. The molecule has 2 aliphatic rings. The normalized spacial score (nSPS) is 19.4. The second-order valence-electron chi connectivity index (χ2n) is 9.64. The molecule has 3 amide bonds. The summed E-state index contributed by atoms with van der Waals surface area (Å²) in [7, 11) is 1.41. The third-order valence-corrected chi connectivity index (χ3v) is 10.2. The molecule has 2 N–H and O–H groups in total. The van der Waals surface area contributed by atoms with E-state index in [2.05, 4.69) is 5.32 Å². The van der Waals surface area contributed by atoms with Crippen LogP contribution in [0.1, 0.15) is 16.4 Å². The van der Waals surface area contributed by atoms with Gasteiger partial charge in [-0.3, -0.25) is 23.7 Å². The first-order chi connectivity index (χ1) is 20.2. The van der Waals surface area contributed by atoms with Crippen molar-refractivity contribution in [2.45, 2.75) is 22.7 Å². The molecule has 2 aliphatic heterocycles. The highest BCUT2D eigenvalue weighted by molar-refractivity contribution is 8.00. The van der Waals surface area contributed by atoms with Crippen LogP contribution < -0.4 is 19.8 Å². The Bertz CT molecular complexity index is 1790. The Hall–Kier alpha value is -3.77. The molecule has 1 saturated heterocycles. The van der Waals surface area contributed by atoms with Gasteiger partial charge in [-0.2, -0.15) is 0 Å². The maximum atomic E-state index is 14.0. The number of amides is 3. The molecule has 0 bridgehead atoms. The summed E-state index contributed by atoms with van der Waals surface area (Å²) in [5.74, 6) is -2.78. The van der Waals surface area contributed by atoms with E-state index in [1.807, 2.05) is 0 Å². The van der Waals surface area contributed by atoms with Crippen LogP contribution >= 0.6 is 46.3 Å². The quantitative estimate of drug-likeness (QED) is 0.272. The number of aromatic hydroxyl groups is 1. The van der Waals surface area contributed by atoms with Crippen molar-refractivity contribution in [3.05, 3.63) is 96.9 Å². The SMILES string of the molecule is COc1cc(C2c3sc(=O)n(CC(=O)Nc4ccc(Cl)cc4)c3SC3C(=O)N(c4ccc(Cl)cc4)C(=O)C32)ccc1O. The molecule has 13 heteroatoms. The van der Waals surface area contributed by atoms with Crippen molar-refractivity contribution in [1.29, 1.82) is 0 Å². The van der Waals surface area contributed by atoms with Crippen LogP contribution in [0.2, 0.25) is 10.0 Å². The van der Waals surface area contributed by atoms with Gasteiger partial charge in [0, 0.05) is 26.5 Å². The number of fused-ring (bicyclic) bond motifs is 2. The number of ether oxygens (including phenoxy) is 1. The molecule has 3 atom stereocenters. The molecule has 4 aromatic rings. The molecule has 214 valence electrons. The minimum absolute atomic E-state index is 0.0931. The number of nitrogens with zero attached hydrogens (tertiary/aromatic N) is 2. The van der Waals surface area contributed by atoms with Gasteiger partial charge in [-0.05, 0) is 66.2 Å². The van der Waals surface area contributed by atoms with Crippen LogP contribution in [0.25, 0.3) is 0 Å². The van der Waals surface area contributed by atoms with E-state index in [0.29, 0.717) is 36.9 Å². The first-order valence-corrected chi connectivity index (χ1v) is 15.1. The molecule has 0 aliphatic carbocycles. The van der Waals surface area contributed by atoms with Gasteiger partial charge in [0.2, 0.25) is 17.7 Å². The van der Waals surface area contributed by atoms with Crippen molar-refractivity contribution in [2.24, 2.45) is 5.92 Å². The Morgan fingerprint density at radius 3 is 2.31 bits per heavy atom. The summed E-state index contributed by atoms with van der Waals surface area (Å²) in [6, 6.07) is 17.7. The number of imide groups is 1. The molecule has 0 spiro atoms. The maximum absolute atomic E-state index is 14.0. The van der Waals surface area contributed by atoms with Crippen LogP contribution in [-0.4, -0.2) is 39.8 Å². The Labute approximate surface area is 257 Å². The molecule has 6 rings (SSSR count). The Morgan fingerprint density at radius 2 is 1.64 bits per heavy atom. The van der Waals surface area contributed by atoms with Gasteiger partial charge in [0.1, 0.15) is 11.8 Å².